The summed E-state index contributed by atoms with van der Waals surface area (Å²) in [5, 5.41) is 20.8. The number of nitrogens with one attached hydrogen (secondary N) is 1. The van der Waals surface area contributed by atoms with E-state index in [1.54, 1.807) is 6.92 Å². The van der Waals surface area contributed by atoms with Crippen molar-refractivity contribution in [3.05, 3.63) is 29.1 Å². The fourth-order valence-corrected chi connectivity index (χ4v) is 1.25. The van der Waals surface area contributed by atoms with Gasteiger partial charge in [-0.25, -0.2) is 8.78 Å². The molecule has 0 aliphatic rings. The molecule has 0 aliphatic heterocycles. The van der Waals surface area contributed by atoms with Gasteiger partial charge in [-0.3, -0.25) is 4.79 Å². The Bertz CT molecular complexity index is 503. The summed E-state index contributed by atoms with van der Waals surface area (Å²) in [6.07, 6.45) is 0.332. The first-order chi connectivity index (χ1) is 8.69. The summed E-state index contributed by atoms with van der Waals surface area (Å²) >= 11 is 0. The third-order valence-corrected chi connectivity index (χ3v) is 2.77. The van der Waals surface area contributed by atoms with Gasteiger partial charge in [-0.15, -0.1) is 0 Å². The standard InChI is InChI=1S/C12H14F3NO3/c1-3-12(2,19)5-16-11(18)6-4-7(13)9(15)10(17)8(6)14/h4,17,19H,3,5H2,1-2H3,(H,16,18). The van der Waals surface area contributed by atoms with Crippen molar-refractivity contribution in [3.8, 4) is 5.75 Å². The maximum absolute atomic E-state index is 13.4. The predicted octanol–water partition coefficient (Wildman–Crippen LogP) is 1.70. The van der Waals surface area contributed by atoms with Crippen LogP contribution in [0.3, 0.4) is 0 Å². The third kappa shape index (κ3) is 3.37. The molecule has 4 nitrogen and oxygen atoms in total. The average Bonchev–Trinajstić information content (AvgIpc) is 2.38. The van der Waals surface area contributed by atoms with Crippen molar-refractivity contribution < 1.29 is 28.2 Å². The lowest BCUT2D eigenvalue weighted by atomic mass is 10.0. The summed E-state index contributed by atoms with van der Waals surface area (Å²) < 4.78 is 39.2. The van der Waals surface area contributed by atoms with Gasteiger partial charge < -0.3 is 15.5 Å². The summed E-state index contributed by atoms with van der Waals surface area (Å²) in [6.45, 7) is 2.93. The number of amides is 1. The molecule has 0 aliphatic carbocycles. The fraction of sp³-hybridized carbons (Fsp3) is 0.417. The van der Waals surface area contributed by atoms with E-state index < -0.39 is 40.3 Å². The summed E-state index contributed by atoms with van der Waals surface area (Å²) in [7, 11) is 0. The van der Waals surface area contributed by atoms with Crippen LogP contribution in [0.5, 0.6) is 5.75 Å². The number of hydrogen-bond acceptors (Lipinski definition) is 3. The monoisotopic (exact) mass is 277 g/mol. The van der Waals surface area contributed by atoms with Crippen LogP contribution in [0.2, 0.25) is 0 Å². The number of phenols is 1. The highest BCUT2D eigenvalue weighted by Gasteiger charge is 2.24. The summed E-state index contributed by atoms with van der Waals surface area (Å²) in [5.41, 5.74) is -2.03. The van der Waals surface area contributed by atoms with Crippen molar-refractivity contribution in [1.82, 2.24) is 5.32 Å². The second-order valence-corrected chi connectivity index (χ2v) is 4.42. The molecule has 1 aromatic carbocycles. The van der Waals surface area contributed by atoms with E-state index in [1.165, 1.54) is 6.92 Å². The maximum Gasteiger partial charge on any atom is 0.254 e. The molecule has 0 saturated heterocycles. The zero-order chi connectivity index (χ0) is 14.8. The van der Waals surface area contributed by atoms with Gasteiger partial charge in [0.2, 0.25) is 5.82 Å². The first kappa shape index (κ1) is 15.3. The second kappa shape index (κ2) is 5.48. The van der Waals surface area contributed by atoms with Gasteiger partial charge in [-0.1, -0.05) is 6.92 Å². The molecule has 3 N–H and O–H groups in total. The molecule has 1 rings (SSSR count). The van der Waals surface area contributed by atoms with Crippen LogP contribution in [0.4, 0.5) is 13.2 Å². The minimum absolute atomic E-state index is 0.193. The van der Waals surface area contributed by atoms with E-state index >= 15 is 0 Å². The summed E-state index contributed by atoms with van der Waals surface area (Å²) in [5.74, 6) is -7.44. The molecular formula is C12H14F3NO3. The smallest absolute Gasteiger partial charge is 0.254 e. The SMILES string of the molecule is CCC(C)(O)CNC(=O)c1cc(F)c(F)c(O)c1F. The molecular weight excluding hydrogens is 263 g/mol. The van der Waals surface area contributed by atoms with Crippen LogP contribution in [0.25, 0.3) is 0 Å². The molecule has 1 aromatic rings. The lowest BCUT2D eigenvalue weighted by Gasteiger charge is -2.21. The van der Waals surface area contributed by atoms with Crippen LogP contribution in [0.1, 0.15) is 30.6 Å². The molecule has 106 valence electrons. The minimum atomic E-state index is -1.75. The number of rotatable bonds is 4. The number of hydrogen-bond donors (Lipinski definition) is 3. The van der Waals surface area contributed by atoms with E-state index in [0.29, 0.717) is 12.5 Å². The Hall–Kier alpha value is -1.76. The minimum Gasteiger partial charge on any atom is -0.503 e. The molecule has 19 heavy (non-hydrogen) atoms. The second-order valence-electron chi connectivity index (χ2n) is 4.42. The molecule has 0 bridgehead atoms. The van der Waals surface area contributed by atoms with Crippen LogP contribution < -0.4 is 5.32 Å². The van der Waals surface area contributed by atoms with Crippen LogP contribution in [-0.4, -0.2) is 28.3 Å². The molecule has 0 spiro atoms. The number of halogens is 3. The Kier molecular flexibility index (Phi) is 4.41. The number of carbonyl (C=O) groups excluding carboxylic acids is 1. The van der Waals surface area contributed by atoms with Crippen molar-refractivity contribution in [2.75, 3.05) is 6.54 Å². The van der Waals surface area contributed by atoms with Crippen molar-refractivity contribution in [3.63, 3.8) is 0 Å². The molecule has 0 radical (unpaired) electrons. The fourth-order valence-electron chi connectivity index (χ4n) is 1.25. The topological polar surface area (TPSA) is 69.6 Å². The van der Waals surface area contributed by atoms with Gasteiger partial charge in [-0.05, 0) is 19.4 Å². The van der Waals surface area contributed by atoms with Crippen LogP contribution in [0, 0.1) is 17.5 Å². The normalized spacial score (nSPS) is 14.0. The molecule has 1 unspecified atom stereocenters. The quantitative estimate of drug-likeness (QED) is 0.734. The van der Waals surface area contributed by atoms with Gasteiger partial charge in [0.1, 0.15) is 0 Å². The number of benzene rings is 1. The summed E-state index contributed by atoms with van der Waals surface area (Å²) in [4.78, 5) is 11.6. The van der Waals surface area contributed by atoms with E-state index in [9.17, 15) is 23.1 Å². The number of carbonyl (C=O) groups is 1. The molecule has 7 heteroatoms. The Balaban J connectivity index is 2.96. The largest absolute Gasteiger partial charge is 0.503 e. The zero-order valence-electron chi connectivity index (χ0n) is 10.4. The predicted molar refractivity (Wildman–Crippen MR) is 61.2 cm³/mol. The van der Waals surface area contributed by atoms with Crippen LogP contribution in [-0.2, 0) is 0 Å². The zero-order valence-corrected chi connectivity index (χ0v) is 10.4. The summed E-state index contributed by atoms with van der Waals surface area (Å²) in [6, 6.07) is 0.348. The van der Waals surface area contributed by atoms with Gasteiger partial charge >= 0.3 is 0 Å². The first-order valence-corrected chi connectivity index (χ1v) is 5.56. The van der Waals surface area contributed by atoms with Gasteiger partial charge in [-0.2, -0.15) is 4.39 Å². The van der Waals surface area contributed by atoms with Gasteiger partial charge in [0, 0.05) is 6.54 Å². The van der Waals surface area contributed by atoms with Crippen molar-refractivity contribution in [1.29, 1.82) is 0 Å². The third-order valence-electron chi connectivity index (χ3n) is 2.77. The Labute approximate surface area is 107 Å². The maximum atomic E-state index is 13.4. The highest BCUT2D eigenvalue weighted by atomic mass is 19.2. The molecule has 0 saturated carbocycles. The highest BCUT2D eigenvalue weighted by Crippen LogP contribution is 2.25. The first-order valence-electron chi connectivity index (χ1n) is 5.56. The van der Waals surface area contributed by atoms with Crippen molar-refractivity contribution >= 4 is 5.91 Å². The molecule has 0 aromatic heterocycles. The number of aromatic hydroxyl groups is 1. The van der Waals surface area contributed by atoms with Crippen LogP contribution in [0.15, 0.2) is 6.07 Å². The van der Waals surface area contributed by atoms with Gasteiger partial charge in [0.05, 0.1) is 11.2 Å². The molecule has 0 heterocycles. The van der Waals surface area contributed by atoms with E-state index in [2.05, 4.69) is 5.32 Å². The lowest BCUT2D eigenvalue weighted by molar-refractivity contribution is 0.0517. The average molecular weight is 277 g/mol. The number of phenolic OH excluding ortho intramolecular Hbond substituents is 1. The lowest BCUT2D eigenvalue weighted by Crippen LogP contribution is -2.40. The Morgan fingerprint density at radius 3 is 2.47 bits per heavy atom. The van der Waals surface area contributed by atoms with E-state index in [-0.39, 0.29) is 6.54 Å². The van der Waals surface area contributed by atoms with Crippen molar-refractivity contribution in [2.24, 2.45) is 0 Å². The van der Waals surface area contributed by atoms with Gasteiger partial charge in [0.25, 0.3) is 5.91 Å². The van der Waals surface area contributed by atoms with E-state index in [4.69, 9.17) is 5.11 Å². The Morgan fingerprint density at radius 1 is 1.37 bits per heavy atom. The van der Waals surface area contributed by atoms with Crippen molar-refractivity contribution in [2.45, 2.75) is 25.9 Å². The van der Waals surface area contributed by atoms with Gasteiger partial charge in [0.15, 0.2) is 17.4 Å². The Morgan fingerprint density at radius 2 is 1.95 bits per heavy atom. The molecule has 0 fully saturated rings. The number of aliphatic hydroxyl groups is 1. The highest BCUT2D eigenvalue weighted by molar-refractivity contribution is 5.95. The van der Waals surface area contributed by atoms with Crippen LogP contribution >= 0.6 is 0 Å². The molecule has 1 atom stereocenters. The van der Waals surface area contributed by atoms with E-state index in [1.807, 2.05) is 0 Å². The molecule has 1 amide bonds. The van der Waals surface area contributed by atoms with E-state index in [0.717, 1.165) is 0 Å².